The molecule has 122 valence electrons. The number of carbonyl (C=O) groups excluding carboxylic acids is 1. The second-order valence-electron chi connectivity index (χ2n) is 6.77. The Bertz CT molecular complexity index is 459. The third-order valence-electron chi connectivity index (χ3n) is 5.22. The highest BCUT2D eigenvalue weighted by Crippen LogP contribution is 2.41. The van der Waals surface area contributed by atoms with Crippen molar-refractivity contribution in [3.8, 4) is 0 Å². The van der Waals surface area contributed by atoms with E-state index in [1.165, 1.54) is 0 Å². The van der Waals surface area contributed by atoms with Crippen molar-refractivity contribution in [2.75, 3.05) is 32.9 Å². The molecule has 2 aliphatic heterocycles. The van der Waals surface area contributed by atoms with Crippen LogP contribution in [-0.2, 0) is 14.3 Å². The van der Waals surface area contributed by atoms with Crippen molar-refractivity contribution in [2.45, 2.75) is 44.6 Å². The lowest BCUT2D eigenvalue weighted by atomic mass is 9.73. The summed E-state index contributed by atoms with van der Waals surface area (Å²) in [5.74, 6) is 0.240. The van der Waals surface area contributed by atoms with Crippen molar-refractivity contribution >= 4 is 5.91 Å². The molecule has 3 aliphatic rings. The van der Waals surface area contributed by atoms with Crippen LogP contribution in [0.2, 0.25) is 0 Å². The molecular formula is C18H27NO3. The van der Waals surface area contributed by atoms with E-state index in [0.717, 1.165) is 63.8 Å². The van der Waals surface area contributed by atoms with E-state index in [-0.39, 0.29) is 17.4 Å². The molecule has 0 N–H and O–H groups in total. The topological polar surface area (TPSA) is 38.8 Å². The first-order valence-electron chi connectivity index (χ1n) is 8.54. The van der Waals surface area contributed by atoms with Crippen molar-refractivity contribution < 1.29 is 14.3 Å². The van der Waals surface area contributed by atoms with Gasteiger partial charge in [0.05, 0.1) is 19.3 Å². The number of piperidine rings is 1. The van der Waals surface area contributed by atoms with E-state index in [2.05, 4.69) is 12.7 Å². The summed E-state index contributed by atoms with van der Waals surface area (Å²) in [7, 11) is 0. The average molecular weight is 305 g/mol. The predicted octanol–water partition coefficient (Wildman–Crippen LogP) is 2.70. The summed E-state index contributed by atoms with van der Waals surface area (Å²) < 4.78 is 11.8. The molecule has 0 radical (unpaired) electrons. The van der Waals surface area contributed by atoms with Crippen molar-refractivity contribution in [1.29, 1.82) is 0 Å². The van der Waals surface area contributed by atoms with Gasteiger partial charge in [-0.15, -0.1) is 6.58 Å². The summed E-state index contributed by atoms with van der Waals surface area (Å²) >= 11 is 0. The van der Waals surface area contributed by atoms with Gasteiger partial charge in [-0.05, 0) is 38.5 Å². The maximum atomic E-state index is 12.7. The summed E-state index contributed by atoms with van der Waals surface area (Å²) in [4.78, 5) is 14.7. The van der Waals surface area contributed by atoms with E-state index in [1.807, 2.05) is 4.90 Å². The van der Waals surface area contributed by atoms with Gasteiger partial charge in [0.1, 0.15) is 0 Å². The first-order chi connectivity index (χ1) is 10.7. The SMILES string of the molecule is C=CCOC[C@@]12CCCO[C@H]1CCN(C(=O)C1=CCCC1)C2. The first-order valence-corrected chi connectivity index (χ1v) is 8.54. The van der Waals surface area contributed by atoms with E-state index in [4.69, 9.17) is 9.47 Å². The largest absolute Gasteiger partial charge is 0.377 e. The van der Waals surface area contributed by atoms with E-state index in [0.29, 0.717) is 13.2 Å². The molecule has 4 nitrogen and oxygen atoms in total. The van der Waals surface area contributed by atoms with Crippen molar-refractivity contribution in [1.82, 2.24) is 4.90 Å². The number of hydrogen-bond donors (Lipinski definition) is 0. The van der Waals surface area contributed by atoms with Crippen LogP contribution in [0.4, 0.5) is 0 Å². The number of allylic oxidation sites excluding steroid dienone is 1. The fourth-order valence-electron chi connectivity index (χ4n) is 4.09. The Morgan fingerprint density at radius 2 is 2.45 bits per heavy atom. The van der Waals surface area contributed by atoms with Gasteiger partial charge >= 0.3 is 0 Å². The second-order valence-corrected chi connectivity index (χ2v) is 6.77. The Kier molecular flexibility index (Phi) is 4.99. The van der Waals surface area contributed by atoms with Crippen LogP contribution in [0.3, 0.4) is 0 Å². The Balaban J connectivity index is 1.70. The molecule has 0 aromatic heterocycles. The summed E-state index contributed by atoms with van der Waals surface area (Å²) in [6.07, 6.45) is 10.3. The summed E-state index contributed by atoms with van der Waals surface area (Å²) in [5, 5.41) is 0. The molecule has 0 spiro atoms. The first kappa shape index (κ1) is 15.8. The second kappa shape index (κ2) is 6.97. The van der Waals surface area contributed by atoms with Crippen LogP contribution in [0.15, 0.2) is 24.3 Å². The number of likely N-dealkylation sites (tertiary alicyclic amines) is 1. The van der Waals surface area contributed by atoms with Gasteiger partial charge in [-0.2, -0.15) is 0 Å². The summed E-state index contributed by atoms with van der Waals surface area (Å²) in [5.41, 5.74) is 0.978. The minimum atomic E-state index is -0.0334. The van der Waals surface area contributed by atoms with Crippen LogP contribution in [0.5, 0.6) is 0 Å². The van der Waals surface area contributed by atoms with Gasteiger partial charge in [-0.25, -0.2) is 0 Å². The zero-order valence-electron chi connectivity index (χ0n) is 13.4. The van der Waals surface area contributed by atoms with Gasteiger partial charge < -0.3 is 14.4 Å². The minimum Gasteiger partial charge on any atom is -0.377 e. The van der Waals surface area contributed by atoms with E-state index < -0.39 is 0 Å². The maximum absolute atomic E-state index is 12.7. The number of fused-ring (bicyclic) bond motifs is 1. The fraction of sp³-hybridized carbons (Fsp3) is 0.722. The standard InChI is InChI=1S/C18H27NO3/c1-2-11-21-14-18-9-5-12-22-16(18)8-10-19(13-18)17(20)15-6-3-4-7-15/h2,6,16H,1,3-5,7-14H2/t16-,18-/m0/s1. The molecule has 2 heterocycles. The van der Waals surface area contributed by atoms with Gasteiger partial charge in [0.2, 0.25) is 5.91 Å². The molecule has 0 aromatic carbocycles. The third kappa shape index (κ3) is 3.13. The van der Waals surface area contributed by atoms with Crippen LogP contribution >= 0.6 is 0 Å². The number of hydrogen-bond acceptors (Lipinski definition) is 3. The number of rotatable bonds is 5. The van der Waals surface area contributed by atoms with Crippen molar-refractivity contribution in [3.05, 3.63) is 24.3 Å². The molecule has 2 atom stereocenters. The molecule has 2 fully saturated rings. The number of carbonyl (C=O) groups is 1. The molecule has 0 bridgehead atoms. The lowest BCUT2D eigenvalue weighted by Crippen LogP contribution is -2.58. The molecule has 0 unspecified atom stereocenters. The zero-order chi connectivity index (χ0) is 15.4. The molecular weight excluding hydrogens is 278 g/mol. The monoisotopic (exact) mass is 305 g/mol. The number of nitrogens with zero attached hydrogens (tertiary/aromatic N) is 1. The summed E-state index contributed by atoms with van der Waals surface area (Å²) in [6.45, 7) is 7.35. The quantitative estimate of drug-likeness (QED) is 0.579. The Labute approximate surface area is 133 Å². The minimum absolute atomic E-state index is 0.0334. The van der Waals surface area contributed by atoms with Gasteiger partial charge in [0, 0.05) is 30.7 Å². The zero-order valence-corrected chi connectivity index (χ0v) is 13.4. The molecule has 0 saturated carbocycles. The molecule has 0 aromatic rings. The van der Waals surface area contributed by atoms with E-state index >= 15 is 0 Å². The Morgan fingerprint density at radius 3 is 3.23 bits per heavy atom. The highest BCUT2D eigenvalue weighted by molar-refractivity contribution is 5.93. The van der Waals surface area contributed by atoms with Crippen LogP contribution in [0.25, 0.3) is 0 Å². The average Bonchev–Trinajstić information content (AvgIpc) is 3.08. The Morgan fingerprint density at radius 1 is 1.55 bits per heavy atom. The smallest absolute Gasteiger partial charge is 0.249 e. The van der Waals surface area contributed by atoms with Gasteiger partial charge in [0.25, 0.3) is 0 Å². The van der Waals surface area contributed by atoms with Crippen LogP contribution in [0.1, 0.15) is 38.5 Å². The van der Waals surface area contributed by atoms with Crippen LogP contribution in [0, 0.1) is 5.41 Å². The third-order valence-corrected chi connectivity index (χ3v) is 5.22. The lowest BCUT2D eigenvalue weighted by Gasteiger charge is -2.50. The van der Waals surface area contributed by atoms with Gasteiger partial charge in [-0.1, -0.05) is 12.2 Å². The normalized spacial score (nSPS) is 31.5. The molecule has 1 aliphatic carbocycles. The predicted molar refractivity (Wildman–Crippen MR) is 85.6 cm³/mol. The molecule has 1 amide bonds. The fourth-order valence-corrected chi connectivity index (χ4v) is 4.09. The highest BCUT2D eigenvalue weighted by Gasteiger charge is 2.47. The van der Waals surface area contributed by atoms with Gasteiger partial charge in [0.15, 0.2) is 0 Å². The van der Waals surface area contributed by atoms with Crippen LogP contribution < -0.4 is 0 Å². The molecule has 2 saturated heterocycles. The van der Waals surface area contributed by atoms with E-state index in [1.54, 1.807) is 6.08 Å². The summed E-state index contributed by atoms with van der Waals surface area (Å²) in [6, 6.07) is 0. The molecule has 22 heavy (non-hydrogen) atoms. The van der Waals surface area contributed by atoms with E-state index in [9.17, 15) is 4.79 Å². The highest BCUT2D eigenvalue weighted by atomic mass is 16.5. The van der Waals surface area contributed by atoms with Crippen molar-refractivity contribution in [3.63, 3.8) is 0 Å². The Hall–Kier alpha value is -1.13. The maximum Gasteiger partial charge on any atom is 0.249 e. The molecule has 3 rings (SSSR count). The van der Waals surface area contributed by atoms with Gasteiger partial charge in [-0.3, -0.25) is 4.79 Å². The lowest BCUT2D eigenvalue weighted by molar-refractivity contribution is -0.161. The number of amides is 1. The molecule has 4 heteroatoms. The van der Waals surface area contributed by atoms with Crippen molar-refractivity contribution in [2.24, 2.45) is 5.41 Å². The number of ether oxygens (including phenoxy) is 2. The van der Waals surface area contributed by atoms with Crippen LogP contribution in [-0.4, -0.2) is 49.8 Å².